The third kappa shape index (κ3) is 10.9. The van der Waals surface area contributed by atoms with Crippen molar-refractivity contribution < 1.29 is 66.7 Å². The van der Waals surface area contributed by atoms with Gasteiger partial charge in [0, 0.05) is 28.8 Å². The number of benzene rings is 1. The van der Waals surface area contributed by atoms with Gasteiger partial charge in [0.2, 0.25) is 12.4 Å². The molecule has 5 atom stereocenters. The maximum atomic E-state index is 13.2. The number of ether oxygens (including phenoxy) is 8. The lowest BCUT2D eigenvalue weighted by Crippen LogP contribution is -2.64. The van der Waals surface area contributed by atoms with Crippen LogP contribution in [0.25, 0.3) is 0 Å². The monoisotopic (exact) mass is 627 g/mol. The number of methoxy groups -OCH3 is 1. The number of amides is 1. The molecule has 0 spiro atoms. The summed E-state index contributed by atoms with van der Waals surface area (Å²) in [5, 5.41) is 0. The summed E-state index contributed by atoms with van der Waals surface area (Å²) in [4.78, 5) is 73.0. The Bertz CT molecular complexity index is 1210. The molecule has 0 radical (unpaired) electrons. The van der Waals surface area contributed by atoms with Gasteiger partial charge in [0.1, 0.15) is 17.9 Å². The molecule has 0 unspecified atom stereocenters. The second-order valence-electron chi connectivity index (χ2n) is 10.7. The number of nitrogens with two attached hydrogens (primary N) is 1. The van der Waals surface area contributed by atoms with Crippen LogP contribution in [0.2, 0.25) is 25.7 Å². The Kier molecular flexibility index (Phi) is 12.5. The summed E-state index contributed by atoms with van der Waals surface area (Å²) in [5.41, 5.74) is 5.27. The zero-order chi connectivity index (χ0) is 32.5. The second kappa shape index (κ2) is 15.3. The molecule has 1 saturated heterocycles. The molecule has 16 heteroatoms. The molecule has 0 aliphatic carbocycles. The molecule has 0 bridgehead atoms. The molecule has 0 saturated carbocycles. The van der Waals surface area contributed by atoms with E-state index >= 15 is 0 Å². The third-order valence-electron chi connectivity index (χ3n) is 5.81. The number of carbonyl (C=O) groups excluding carboxylic acids is 6. The first-order chi connectivity index (χ1) is 20.0. The summed E-state index contributed by atoms with van der Waals surface area (Å²) in [6.45, 7) is 9.32. The van der Waals surface area contributed by atoms with Crippen LogP contribution in [0.15, 0.2) is 18.2 Å². The van der Waals surface area contributed by atoms with Crippen molar-refractivity contribution in [1.29, 1.82) is 0 Å². The van der Waals surface area contributed by atoms with Crippen molar-refractivity contribution in [1.82, 2.24) is 0 Å². The predicted molar refractivity (Wildman–Crippen MR) is 147 cm³/mol. The van der Waals surface area contributed by atoms with Gasteiger partial charge in [-0.05, 0) is 23.7 Å². The van der Waals surface area contributed by atoms with Crippen molar-refractivity contribution in [2.75, 3.05) is 13.7 Å². The van der Waals surface area contributed by atoms with Gasteiger partial charge in [0.15, 0.2) is 18.3 Å². The van der Waals surface area contributed by atoms with E-state index in [1.807, 2.05) is 0 Å². The van der Waals surface area contributed by atoms with E-state index in [9.17, 15) is 28.8 Å². The summed E-state index contributed by atoms with van der Waals surface area (Å²) in [5.74, 6) is -4.57. The van der Waals surface area contributed by atoms with Crippen LogP contribution < -0.4 is 10.5 Å². The van der Waals surface area contributed by atoms with E-state index in [2.05, 4.69) is 19.6 Å². The molecule has 0 aromatic heterocycles. The molecule has 15 nitrogen and oxygen atoms in total. The van der Waals surface area contributed by atoms with E-state index in [1.54, 1.807) is 0 Å². The molecule has 1 amide bonds. The van der Waals surface area contributed by atoms with E-state index in [-0.39, 0.29) is 24.5 Å². The Morgan fingerprint density at radius 1 is 0.860 bits per heavy atom. The molecule has 1 aromatic rings. The molecular formula is C27H37NO14Si. The van der Waals surface area contributed by atoms with Gasteiger partial charge in [0.05, 0.1) is 13.7 Å². The Morgan fingerprint density at radius 3 is 1.98 bits per heavy atom. The smallest absolute Gasteiger partial charge is 0.404 e. The van der Waals surface area contributed by atoms with Crippen molar-refractivity contribution in [3.8, 4) is 5.75 Å². The fourth-order valence-electron chi connectivity index (χ4n) is 3.91. The van der Waals surface area contributed by atoms with Crippen molar-refractivity contribution in [2.45, 2.75) is 83.8 Å². The standard InChI is InChI=1S/C27H37NO14Si/c1-14(29)38-20-21(39-15(2)30)23(40-16(3)31)26(42-22(20)25(33)35-4)41-19-9-8-17(13-37-27(28)34)12-18(19)24(32)36-10-11-43(5,6)7/h8-9,12,20-23,26H,10-11,13H2,1-7H3,(H2,28,34)/t20-,21-,22-,23+,26+/m0/s1. The van der Waals surface area contributed by atoms with Gasteiger partial charge in [-0.25, -0.2) is 14.4 Å². The van der Waals surface area contributed by atoms with E-state index in [0.717, 1.165) is 27.9 Å². The lowest BCUT2D eigenvalue weighted by molar-refractivity contribution is -0.282. The predicted octanol–water partition coefficient (Wildman–Crippen LogP) is 1.85. The molecule has 1 aromatic carbocycles. The molecule has 1 fully saturated rings. The lowest BCUT2D eigenvalue weighted by Gasteiger charge is -2.43. The summed E-state index contributed by atoms with van der Waals surface area (Å²) in [7, 11) is -0.517. The van der Waals surface area contributed by atoms with Crippen LogP contribution in [-0.2, 0) is 58.9 Å². The van der Waals surface area contributed by atoms with Crippen LogP contribution in [0, 0.1) is 0 Å². The van der Waals surface area contributed by atoms with Gasteiger partial charge in [-0.15, -0.1) is 0 Å². The number of primary amides is 1. The maximum Gasteiger partial charge on any atom is 0.404 e. The highest BCUT2D eigenvalue weighted by Gasteiger charge is 2.56. The first-order valence-corrected chi connectivity index (χ1v) is 16.9. The maximum absolute atomic E-state index is 13.2. The Hall–Kier alpha value is -4.18. The first-order valence-electron chi connectivity index (χ1n) is 13.2. The van der Waals surface area contributed by atoms with Crippen LogP contribution >= 0.6 is 0 Å². The average molecular weight is 628 g/mol. The highest BCUT2D eigenvalue weighted by Crippen LogP contribution is 2.33. The van der Waals surface area contributed by atoms with Gasteiger partial charge in [0.25, 0.3) is 0 Å². The highest BCUT2D eigenvalue weighted by molar-refractivity contribution is 6.76. The fraction of sp³-hybridized carbons (Fsp3) is 0.556. The Balaban J connectivity index is 2.58. The molecule has 2 N–H and O–H groups in total. The van der Waals surface area contributed by atoms with Gasteiger partial charge in [-0.2, -0.15) is 0 Å². The highest BCUT2D eigenvalue weighted by atomic mass is 28.3. The van der Waals surface area contributed by atoms with Crippen LogP contribution in [0.1, 0.15) is 36.7 Å². The summed E-state index contributed by atoms with van der Waals surface area (Å²) in [6.07, 6.45) is -9.23. The quantitative estimate of drug-likeness (QED) is 0.200. The molecular weight excluding hydrogens is 590 g/mol. The minimum atomic E-state index is -1.70. The fourth-order valence-corrected chi connectivity index (χ4v) is 4.63. The summed E-state index contributed by atoms with van der Waals surface area (Å²) in [6, 6.07) is 4.78. The van der Waals surface area contributed by atoms with E-state index < -0.39 is 74.7 Å². The second-order valence-corrected chi connectivity index (χ2v) is 16.3. The third-order valence-corrected chi connectivity index (χ3v) is 7.51. The van der Waals surface area contributed by atoms with Crippen LogP contribution in [-0.4, -0.2) is 88.4 Å². The number of hydrogen-bond acceptors (Lipinski definition) is 14. The van der Waals surface area contributed by atoms with Crippen molar-refractivity contribution in [3.05, 3.63) is 29.3 Å². The zero-order valence-corrected chi connectivity index (χ0v) is 26.0. The first kappa shape index (κ1) is 35.0. The minimum absolute atomic E-state index is 0.120. The SMILES string of the molecule is COC(=O)[C@H]1O[C@@H](Oc2ccc(COC(N)=O)cc2C(=O)OCC[Si](C)(C)C)[C@H](OC(C)=O)[C@@H](OC(C)=O)[C@@H]1OC(C)=O. The summed E-state index contributed by atoms with van der Waals surface area (Å²) >= 11 is 0. The normalized spacial score (nSPS) is 21.5. The Morgan fingerprint density at radius 2 is 1.44 bits per heavy atom. The van der Waals surface area contributed by atoms with E-state index in [0.29, 0.717) is 11.6 Å². The van der Waals surface area contributed by atoms with Gasteiger partial charge < -0.3 is 43.6 Å². The average Bonchev–Trinajstić information content (AvgIpc) is 2.89. The van der Waals surface area contributed by atoms with Gasteiger partial charge in [-0.3, -0.25) is 14.4 Å². The van der Waals surface area contributed by atoms with Crippen molar-refractivity contribution in [2.24, 2.45) is 5.73 Å². The van der Waals surface area contributed by atoms with Crippen LogP contribution in [0.3, 0.4) is 0 Å². The zero-order valence-electron chi connectivity index (χ0n) is 25.0. The van der Waals surface area contributed by atoms with Gasteiger partial charge >= 0.3 is 35.9 Å². The van der Waals surface area contributed by atoms with E-state index in [1.165, 1.54) is 18.2 Å². The molecule has 2 rings (SSSR count). The van der Waals surface area contributed by atoms with Crippen molar-refractivity contribution >= 4 is 44.0 Å². The summed E-state index contributed by atoms with van der Waals surface area (Å²) < 4.78 is 42.8. The van der Waals surface area contributed by atoms with Crippen LogP contribution in [0.5, 0.6) is 5.75 Å². The largest absolute Gasteiger partial charge is 0.467 e. The molecule has 43 heavy (non-hydrogen) atoms. The van der Waals surface area contributed by atoms with E-state index in [4.69, 9.17) is 43.6 Å². The molecule has 238 valence electrons. The van der Waals surface area contributed by atoms with Crippen LogP contribution in [0.4, 0.5) is 4.79 Å². The molecule has 1 heterocycles. The number of hydrogen-bond donors (Lipinski definition) is 1. The topological polar surface area (TPSA) is 202 Å². The number of rotatable bonds is 12. The number of carbonyl (C=O) groups is 6. The van der Waals surface area contributed by atoms with Crippen molar-refractivity contribution in [3.63, 3.8) is 0 Å². The minimum Gasteiger partial charge on any atom is -0.467 e. The molecule has 1 aliphatic rings. The molecule has 1 aliphatic heterocycles. The lowest BCUT2D eigenvalue weighted by atomic mass is 9.97. The number of esters is 5. The Labute approximate surface area is 249 Å². The van der Waals surface area contributed by atoms with Gasteiger partial charge in [-0.1, -0.05) is 25.7 Å².